The van der Waals surface area contributed by atoms with E-state index in [1.807, 2.05) is 0 Å². The molecule has 1 N–H and O–H groups in total. The lowest BCUT2D eigenvalue weighted by molar-refractivity contribution is -0.0588. The summed E-state index contributed by atoms with van der Waals surface area (Å²) in [4.78, 5) is 0. The number of benzene rings is 1. The van der Waals surface area contributed by atoms with Crippen LogP contribution in [0.25, 0.3) is 0 Å². The van der Waals surface area contributed by atoms with E-state index >= 15 is 0 Å². The molecular weight excluding hydrogens is 208 g/mol. The van der Waals surface area contributed by atoms with Gasteiger partial charge < -0.3 is 5.11 Å². The van der Waals surface area contributed by atoms with Crippen LogP contribution in [0, 0.1) is 25.7 Å². The first-order chi connectivity index (χ1) is 7.91. The van der Waals surface area contributed by atoms with E-state index in [0.29, 0.717) is 5.92 Å². The Morgan fingerprint density at radius 1 is 1.12 bits per heavy atom. The molecular formula is C16H24O. The predicted molar refractivity (Wildman–Crippen MR) is 72.0 cm³/mol. The minimum absolute atomic E-state index is 0.354. The minimum atomic E-state index is -0.608. The number of rotatable bonds is 1. The van der Waals surface area contributed by atoms with Crippen molar-refractivity contribution < 1.29 is 5.11 Å². The van der Waals surface area contributed by atoms with Crippen LogP contribution in [0.5, 0.6) is 0 Å². The highest BCUT2D eigenvalue weighted by molar-refractivity contribution is 5.33. The molecule has 1 aromatic rings. The van der Waals surface area contributed by atoms with Crippen LogP contribution in [0.2, 0.25) is 0 Å². The van der Waals surface area contributed by atoms with Gasteiger partial charge in [-0.3, -0.25) is 0 Å². The maximum absolute atomic E-state index is 11.0. The second-order valence-corrected chi connectivity index (χ2v) is 6.08. The van der Waals surface area contributed by atoms with Crippen molar-refractivity contribution in [2.75, 3.05) is 0 Å². The third-order valence-electron chi connectivity index (χ3n) is 4.31. The van der Waals surface area contributed by atoms with Crippen LogP contribution in [-0.2, 0) is 5.60 Å². The molecule has 3 unspecified atom stereocenters. The van der Waals surface area contributed by atoms with Crippen molar-refractivity contribution in [3.05, 3.63) is 34.9 Å². The zero-order chi connectivity index (χ0) is 12.6. The quantitative estimate of drug-likeness (QED) is 0.777. The van der Waals surface area contributed by atoms with Gasteiger partial charge in [-0.1, -0.05) is 43.2 Å². The molecule has 1 aliphatic rings. The molecule has 0 heterocycles. The molecule has 2 rings (SSSR count). The normalized spacial score (nSPS) is 33.7. The van der Waals surface area contributed by atoms with Gasteiger partial charge in [0, 0.05) is 0 Å². The highest BCUT2D eigenvalue weighted by atomic mass is 16.3. The van der Waals surface area contributed by atoms with E-state index in [-0.39, 0.29) is 0 Å². The fourth-order valence-electron chi connectivity index (χ4n) is 3.28. The summed E-state index contributed by atoms with van der Waals surface area (Å²) in [5.74, 6) is 1.10. The van der Waals surface area contributed by atoms with E-state index in [1.54, 1.807) is 0 Å². The molecule has 0 amide bonds. The first-order valence-electron chi connectivity index (χ1n) is 6.73. The second kappa shape index (κ2) is 4.45. The van der Waals surface area contributed by atoms with Gasteiger partial charge in [-0.25, -0.2) is 0 Å². The van der Waals surface area contributed by atoms with E-state index in [9.17, 15) is 5.11 Å². The van der Waals surface area contributed by atoms with Gasteiger partial charge in [0.25, 0.3) is 0 Å². The fourth-order valence-corrected chi connectivity index (χ4v) is 3.28. The topological polar surface area (TPSA) is 20.2 Å². The van der Waals surface area contributed by atoms with Gasteiger partial charge >= 0.3 is 0 Å². The Morgan fingerprint density at radius 3 is 2.24 bits per heavy atom. The van der Waals surface area contributed by atoms with Gasteiger partial charge in [0.05, 0.1) is 5.60 Å². The van der Waals surface area contributed by atoms with Crippen molar-refractivity contribution in [2.24, 2.45) is 11.8 Å². The molecule has 94 valence electrons. The number of hydrogen-bond acceptors (Lipinski definition) is 1. The van der Waals surface area contributed by atoms with Crippen LogP contribution in [0.3, 0.4) is 0 Å². The van der Waals surface area contributed by atoms with Crippen molar-refractivity contribution in [3.63, 3.8) is 0 Å². The average molecular weight is 232 g/mol. The van der Waals surface area contributed by atoms with Gasteiger partial charge in [0.15, 0.2) is 0 Å². The Balaban J connectivity index is 2.37. The van der Waals surface area contributed by atoms with Crippen LogP contribution in [-0.4, -0.2) is 5.11 Å². The molecule has 3 atom stereocenters. The molecule has 0 radical (unpaired) electrons. The second-order valence-electron chi connectivity index (χ2n) is 6.08. The van der Waals surface area contributed by atoms with Crippen molar-refractivity contribution in [3.8, 4) is 0 Å². The van der Waals surface area contributed by atoms with Crippen LogP contribution in [0.4, 0.5) is 0 Å². The van der Waals surface area contributed by atoms with Crippen LogP contribution in [0.1, 0.15) is 49.8 Å². The SMILES string of the molecule is Cc1cc(C)cc(C2(O)CCC(C)CC2C)c1. The number of aliphatic hydroxyl groups is 1. The molecule has 0 saturated heterocycles. The highest BCUT2D eigenvalue weighted by Gasteiger charge is 2.39. The summed E-state index contributed by atoms with van der Waals surface area (Å²) in [5.41, 5.74) is 3.01. The monoisotopic (exact) mass is 232 g/mol. The highest BCUT2D eigenvalue weighted by Crippen LogP contribution is 2.43. The third-order valence-corrected chi connectivity index (χ3v) is 4.31. The number of aryl methyl sites for hydroxylation is 2. The Morgan fingerprint density at radius 2 is 1.71 bits per heavy atom. The molecule has 0 aromatic heterocycles. The molecule has 0 aliphatic heterocycles. The molecule has 0 bridgehead atoms. The van der Waals surface area contributed by atoms with E-state index in [1.165, 1.54) is 11.1 Å². The van der Waals surface area contributed by atoms with Crippen molar-refractivity contribution >= 4 is 0 Å². The lowest BCUT2D eigenvalue weighted by Crippen LogP contribution is -2.38. The summed E-state index contributed by atoms with van der Waals surface area (Å²) in [7, 11) is 0. The summed E-state index contributed by atoms with van der Waals surface area (Å²) in [5, 5.41) is 11.0. The first-order valence-corrected chi connectivity index (χ1v) is 6.73. The number of hydrogen-bond donors (Lipinski definition) is 1. The van der Waals surface area contributed by atoms with E-state index < -0.39 is 5.60 Å². The third kappa shape index (κ3) is 2.40. The van der Waals surface area contributed by atoms with Crippen LogP contribution < -0.4 is 0 Å². The van der Waals surface area contributed by atoms with Crippen molar-refractivity contribution in [1.82, 2.24) is 0 Å². The van der Waals surface area contributed by atoms with Gasteiger partial charge in [-0.05, 0) is 50.5 Å². The maximum Gasteiger partial charge on any atom is 0.0922 e. The Kier molecular flexibility index (Phi) is 3.31. The van der Waals surface area contributed by atoms with Crippen molar-refractivity contribution in [1.29, 1.82) is 0 Å². The fraction of sp³-hybridized carbons (Fsp3) is 0.625. The zero-order valence-electron chi connectivity index (χ0n) is 11.5. The Bertz CT molecular complexity index is 390. The smallest absolute Gasteiger partial charge is 0.0922 e. The Hall–Kier alpha value is -0.820. The molecule has 17 heavy (non-hydrogen) atoms. The molecule has 1 nitrogen and oxygen atoms in total. The molecule has 1 heteroatoms. The standard InChI is InChI=1S/C16H24O/c1-11-5-6-16(17,14(4)8-11)15-9-12(2)7-13(3)10-15/h7,9-11,14,17H,5-6,8H2,1-4H3. The van der Waals surface area contributed by atoms with E-state index in [2.05, 4.69) is 45.9 Å². The van der Waals surface area contributed by atoms with Gasteiger partial charge in [-0.15, -0.1) is 0 Å². The largest absolute Gasteiger partial charge is 0.385 e. The predicted octanol–water partition coefficient (Wildman–Crippen LogP) is 3.95. The Labute approximate surface area is 105 Å². The van der Waals surface area contributed by atoms with Gasteiger partial charge in [0.2, 0.25) is 0 Å². The van der Waals surface area contributed by atoms with Gasteiger partial charge in [-0.2, -0.15) is 0 Å². The zero-order valence-corrected chi connectivity index (χ0v) is 11.5. The molecule has 1 fully saturated rings. The maximum atomic E-state index is 11.0. The summed E-state index contributed by atoms with van der Waals surface area (Å²) in [6.45, 7) is 8.69. The van der Waals surface area contributed by atoms with Crippen LogP contribution >= 0.6 is 0 Å². The summed E-state index contributed by atoms with van der Waals surface area (Å²) in [6, 6.07) is 6.47. The van der Waals surface area contributed by atoms with Gasteiger partial charge in [0.1, 0.15) is 0 Å². The summed E-state index contributed by atoms with van der Waals surface area (Å²) >= 11 is 0. The lowest BCUT2D eigenvalue weighted by atomic mass is 9.69. The average Bonchev–Trinajstić information content (AvgIpc) is 2.22. The molecule has 1 aliphatic carbocycles. The summed E-state index contributed by atoms with van der Waals surface area (Å²) < 4.78 is 0. The van der Waals surface area contributed by atoms with Crippen LogP contribution in [0.15, 0.2) is 18.2 Å². The minimum Gasteiger partial charge on any atom is -0.385 e. The molecule has 1 saturated carbocycles. The first kappa shape index (κ1) is 12.6. The van der Waals surface area contributed by atoms with E-state index in [0.717, 1.165) is 30.7 Å². The molecule has 1 aromatic carbocycles. The van der Waals surface area contributed by atoms with Crippen molar-refractivity contribution in [2.45, 2.75) is 52.6 Å². The molecule has 0 spiro atoms. The van der Waals surface area contributed by atoms with E-state index in [4.69, 9.17) is 0 Å². The summed E-state index contributed by atoms with van der Waals surface area (Å²) in [6.07, 6.45) is 3.16. The lowest BCUT2D eigenvalue weighted by Gasteiger charge is -2.41.